The molecule has 1 N–H and O–H groups in total. The Morgan fingerprint density at radius 1 is 1.62 bits per heavy atom. The van der Waals surface area contributed by atoms with Gasteiger partial charge in [-0.05, 0) is 20.3 Å². The molecule has 0 spiro atoms. The SMILES string of the molecule is C=CCC.CC(C)O. The predicted molar refractivity (Wildman–Crippen MR) is 37.8 cm³/mol. The number of hydrogen-bond acceptors (Lipinski definition) is 1. The molecule has 0 aromatic heterocycles. The standard InChI is InChI=1S/C4H8.C3H8O/c1-3-4-2;1-3(2)4/h3H,1,4H2,2H3;3-4H,1-2H3. The highest BCUT2D eigenvalue weighted by molar-refractivity contribution is 4.60. The fraction of sp³-hybridized carbons (Fsp3) is 0.714. The molecule has 50 valence electrons. The van der Waals surface area contributed by atoms with E-state index in [0.717, 1.165) is 6.42 Å². The Bertz CT molecular complexity index is 36.9. The first kappa shape index (κ1) is 10.6. The van der Waals surface area contributed by atoms with E-state index in [2.05, 4.69) is 13.5 Å². The van der Waals surface area contributed by atoms with Crippen molar-refractivity contribution in [2.45, 2.75) is 33.3 Å². The van der Waals surface area contributed by atoms with Gasteiger partial charge >= 0.3 is 0 Å². The highest BCUT2D eigenvalue weighted by Crippen LogP contribution is 1.66. The highest BCUT2D eigenvalue weighted by atomic mass is 16.3. The molecule has 0 bridgehead atoms. The molecule has 1 heteroatoms. The van der Waals surface area contributed by atoms with Crippen molar-refractivity contribution in [2.75, 3.05) is 0 Å². The van der Waals surface area contributed by atoms with Crippen LogP contribution in [0.15, 0.2) is 12.7 Å². The Hall–Kier alpha value is -0.300. The van der Waals surface area contributed by atoms with Gasteiger partial charge in [-0.1, -0.05) is 13.0 Å². The predicted octanol–water partition coefficient (Wildman–Crippen LogP) is 1.97. The van der Waals surface area contributed by atoms with Gasteiger partial charge in [-0.2, -0.15) is 0 Å². The maximum atomic E-state index is 8.06. The average Bonchev–Trinajstić information content (AvgIpc) is 1.65. The van der Waals surface area contributed by atoms with Crippen molar-refractivity contribution in [1.82, 2.24) is 0 Å². The Labute approximate surface area is 52.0 Å². The van der Waals surface area contributed by atoms with Crippen LogP contribution < -0.4 is 0 Å². The molecule has 0 saturated carbocycles. The zero-order valence-electron chi connectivity index (χ0n) is 6.02. The lowest BCUT2D eigenvalue weighted by molar-refractivity contribution is 0.216. The molecule has 0 heterocycles. The van der Waals surface area contributed by atoms with Crippen LogP contribution in [0.2, 0.25) is 0 Å². The third-order valence-corrected chi connectivity index (χ3v) is 0.289. The summed E-state index contributed by atoms with van der Waals surface area (Å²) in [5.41, 5.74) is 0. The summed E-state index contributed by atoms with van der Waals surface area (Å²) in [6.45, 7) is 8.99. The number of aliphatic hydroxyl groups excluding tert-OH is 1. The summed E-state index contributed by atoms with van der Waals surface area (Å²) in [5, 5.41) is 8.06. The molecule has 8 heavy (non-hydrogen) atoms. The first-order valence-corrected chi connectivity index (χ1v) is 2.94. The summed E-state index contributed by atoms with van der Waals surface area (Å²) in [4.78, 5) is 0. The monoisotopic (exact) mass is 116 g/mol. The summed E-state index contributed by atoms with van der Waals surface area (Å²) < 4.78 is 0. The molecule has 0 saturated heterocycles. The Balaban J connectivity index is 0. The van der Waals surface area contributed by atoms with Crippen LogP contribution >= 0.6 is 0 Å². The van der Waals surface area contributed by atoms with E-state index in [-0.39, 0.29) is 6.10 Å². The molecule has 0 rings (SSSR count). The van der Waals surface area contributed by atoms with Crippen LogP contribution in [0.4, 0.5) is 0 Å². The van der Waals surface area contributed by atoms with Gasteiger partial charge in [0.05, 0.1) is 0 Å². The maximum Gasteiger partial charge on any atom is 0.0483 e. The fourth-order valence-corrected chi connectivity index (χ4v) is 0. The van der Waals surface area contributed by atoms with E-state index in [1.54, 1.807) is 13.8 Å². The first-order valence-electron chi connectivity index (χ1n) is 2.94. The molecule has 0 aliphatic rings. The lowest BCUT2D eigenvalue weighted by Crippen LogP contribution is -1.85. The molecule has 0 fully saturated rings. The molecule has 0 radical (unpaired) electrons. The molecule has 0 aliphatic heterocycles. The molecule has 0 unspecified atom stereocenters. The minimum absolute atomic E-state index is 0.167. The van der Waals surface area contributed by atoms with Crippen LogP contribution in [-0.4, -0.2) is 11.2 Å². The number of hydrogen-bond donors (Lipinski definition) is 1. The molecule has 0 aromatic carbocycles. The van der Waals surface area contributed by atoms with E-state index in [1.165, 1.54) is 0 Å². The van der Waals surface area contributed by atoms with E-state index >= 15 is 0 Å². The molecule has 0 atom stereocenters. The summed E-state index contributed by atoms with van der Waals surface area (Å²) in [7, 11) is 0. The van der Waals surface area contributed by atoms with Gasteiger partial charge < -0.3 is 5.11 Å². The topological polar surface area (TPSA) is 20.2 Å². The summed E-state index contributed by atoms with van der Waals surface area (Å²) in [6.07, 6.45) is 2.79. The van der Waals surface area contributed by atoms with E-state index < -0.39 is 0 Å². The first-order chi connectivity index (χ1) is 3.65. The average molecular weight is 116 g/mol. The summed E-state index contributed by atoms with van der Waals surface area (Å²) >= 11 is 0. The van der Waals surface area contributed by atoms with Gasteiger partial charge in [0.1, 0.15) is 0 Å². The fourth-order valence-electron chi connectivity index (χ4n) is 0. The Morgan fingerprint density at radius 3 is 1.75 bits per heavy atom. The van der Waals surface area contributed by atoms with E-state index in [9.17, 15) is 0 Å². The van der Waals surface area contributed by atoms with Crippen LogP contribution in [0, 0.1) is 0 Å². The Morgan fingerprint density at radius 2 is 1.75 bits per heavy atom. The van der Waals surface area contributed by atoms with Crippen LogP contribution in [0.25, 0.3) is 0 Å². The van der Waals surface area contributed by atoms with Crippen molar-refractivity contribution in [2.24, 2.45) is 0 Å². The van der Waals surface area contributed by atoms with Crippen LogP contribution in [0.5, 0.6) is 0 Å². The minimum atomic E-state index is -0.167. The second kappa shape index (κ2) is 9.85. The van der Waals surface area contributed by atoms with E-state index in [4.69, 9.17) is 5.11 Å². The quantitative estimate of drug-likeness (QED) is 0.519. The summed E-state index contributed by atoms with van der Waals surface area (Å²) in [5.74, 6) is 0. The van der Waals surface area contributed by atoms with Gasteiger partial charge in [0.25, 0.3) is 0 Å². The molecule has 0 amide bonds. The second-order valence-electron chi connectivity index (χ2n) is 1.79. The third-order valence-electron chi connectivity index (χ3n) is 0.289. The molecular weight excluding hydrogens is 100 g/mol. The van der Waals surface area contributed by atoms with Crippen molar-refractivity contribution in [3.05, 3.63) is 12.7 Å². The van der Waals surface area contributed by atoms with Crippen LogP contribution in [-0.2, 0) is 0 Å². The molecule has 0 aromatic rings. The van der Waals surface area contributed by atoms with E-state index in [0.29, 0.717) is 0 Å². The highest BCUT2D eigenvalue weighted by Gasteiger charge is 1.69. The Kier molecular flexibility index (Phi) is 13.1. The normalized spacial score (nSPS) is 7.62. The van der Waals surface area contributed by atoms with Crippen molar-refractivity contribution >= 4 is 0 Å². The van der Waals surface area contributed by atoms with Crippen LogP contribution in [0.3, 0.4) is 0 Å². The largest absolute Gasteiger partial charge is 0.394 e. The van der Waals surface area contributed by atoms with Crippen molar-refractivity contribution in [1.29, 1.82) is 0 Å². The smallest absolute Gasteiger partial charge is 0.0483 e. The number of rotatable bonds is 1. The van der Waals surface area contributed by atoms with Gasteiger partial charge in [0.2, 0.25) is 0 Å². The third kappa shape index (κ3) is 257. The van der Waals surface area contributed by atoms with Crippen molar-refractivity contribution in [3.8, 4) is 0 Å². The lowest BCUT2D eigenvalue weighted by atomic mass is 10.5. The van der Waals surface area contributed by atoms with Crippen molar-refractivity contribution < 1.29 is 5.11 Å². The second-order valence-corrected chi connectivity index (χ2v) is 1.79. The minimum Gasteiger partial charge on any atom is -0.394 e. The van der Waals surface area contributed by atoms with Crippen molar-refractivity contribution in [3.63, 3.8) is 0 Å². The van der Waals surface area contributed by atoms with Gasteiger partial charge in [-0.15, -0.1) is 6.58 Å². The zero-order valence-corrected chi connectivity index (χ0v) is 6.02. The van der Waals surface area contributed by atoms with Gasteiger partial charge in [-0.25, -0.2) is 0 Å². The number of aliphatic hydroxyl groups is 1. The number of allylic oxidation sites excluding steroid dienone is 1. The molecule has 0 aliphatic carbocycles. The maximum absolute atomic E-state index is 8.06. The lowest BCUT2D eigenvalue weighted by Gasteiger charge is -1.80. The molecule has 1 nitrogen and oxygen atoms in total. The summed E-state index contributed by atoms with van der Waals surface area (Å²) in [6, 6.07) is 0. The van der Waals surface area contributed by atoms with E-state index in [1.807, 2.05) is 6.08 Å². The van der Waals surface area contributed by atoms with Gasteiger partial charge in [0, 0.05) is 6.10 Å². The van der Waals surface area contributed by atoms with Crippen LogP contribution in [0.1, 0.15) is 27.2 Å². The molecular formula is C7H16O. The van der Waals surface area contributed by atoms with Gasteiger partial charge in [0.15, 0.2) is 0 Å². The zero-order chi connectivity index (χ0) is 6.99. The van der Waals surface area contributed by atoms with Gasteiger partial charge in [-0.3, -0.25) is 0 Å².